The zero-order valence-electron chi connectivity index (χ0n) is 27.3. The molecule has 0 saturated heterocycles. The number of amides is 3. The van der Waals surface area contributed by atoms with Gasteiger partial charge in [-0.15, -0.1) is 23.1 Å². The monoisotopic (exact) mass is 685 g/mol. The zero-order chi connectivity index (χ0) is 34.8. The van der Waals surface area contributed by atoms with Crippen molar-refractivity contribution in [2.75, 3.05) is 29.6 Å². The number of nitrogens with zero attached hydrogens (tertiary/aromatic N) is 2. The molecule has 0 saturated carbocycles. The van der Waals surface area contributed by atoms with Crippen molar-refractivity contribution < 1.29 is 14.4 Å². The van der Waals surface area contributed by atoms with Crippen molar-refractivity contribution >= 4 is 63.3 Å². The molecule has 1 unspecified atom stereocenters. The molecule has 1 aromatic heterocycles. The summed E-state index contributed by atoms with van der Waals surface area (Å²) in [7, 11) is 3.89. The van der Waals surface area contributed by atoms with Crippen molar-refractivity contribution in [2.45, 2.75) is 23.5 Å². The van der Waals surface area contributed by atoms with Gasteiger partial charge in [0, 0.05) is 46.9 Å². The van der Waals surface area contributed by atoms with Gasteiger partial charge in [0.15, 0.2) is 0 Å². The van der Waals surface area contributed by atoms with E-state index >= 15 is 0 Å². The second kappa shape index (κ2) is 16.5. The number of nitriles is 1. The topological polar surface area (TPSA) is 114 Å². The fourth-order valence-electron chi connectivity index (χ4n) is 4.89. The van der Waals surface area contributed by atoms with Gasteiger partial charge in [-0.05, 0) is 66.1 Å². The summed E-state index contributed by atoms with van der Waals surface area (Å²) in [6, 6.07) is 35.4. The summed E-state index contributed by atoms with van der Waals surface area (Å²) < 4.78 is 0. The number of carbonyl (C=O) groups excluding carboxylic acids is 3. The predicted octanol–water partition coefficient (Wildman–Crippen LogP) is 8.27. The smallest absolute Gasteiger partial charge is 0.272 e. The Morgan fingerprint density at radius 3 is 2.24 bits per heavy atom. The average Bonchev–Trinajstić information content (AvgIpc) is 3.53. The number of rotatable bonds is 12. The molecule has 4 aromatic carbocycles. The molecule has 8 nitrogen and oxygen atoms in total. The van der Waals surface area contributed by atoms with E-state index in [-0.39, 0.29) is 11.6 Å². The Hall–Kier alpha value is -5.63. The summed E-state index contributed by atoms with van der Waals surface area (Å²) >= 11 is 2.69. The number of hydrogen-bond acceptors (Lipinski definition) is 7. The van der Waals surface area contributed by atoms with Crippen LogP contribution >= 0.6 is 23.1 Å². The van der Waals surface area contributed by atoms with Crippen molar-refractivity contribution in [2.24, 2.45) is 0 Å². The zero-order valence-corrected chi connectivity index (χ0v) is 28.9. The molecule has 3 amide bonds. The number of benzene rings is 4. The Balaban J connectivity index is 1.31. The van der Waals surface area contributed by atoms with E-state index in [9.17, 15) is 19.6 Å². The summed E-state index contributed by atoms with van der Waals surface area (Å²) in [5.74, 6) is -1.12. The van der Waals surface area contributed by atoms with Gasteiger partial charge in [0.25, 0.3) is 11.8 Å². The standard InChI is InChI=1S/C39H35N5O3S2/c1-4-35(38(47)43-39-32(24-40)33(25-48-39)27-12-7-5-8-13-27)49-31-17-11-16-29(23-31)41-37(46)34(42-36(45)28-14-9-6-10-15-28)22-26-18-20-30(21-19-26)44(2)3/h5-23,25,35H,4H2,1-3H3,(H,41,46)(H,42,45)(H,43,47)/b34-22+. The summed E-state index contributed by atoms with van der Waals surface area (Å²) in [4.78, 5) is 42.9. The molecule has 5 aromatic rings. The number of thiophene rings is 1. The Kier molecular flexibility index (Phi) is 11.7. The van der Waals surface area contributed by atoms with Gasteiger partial charge in [0.1, 0.15) is 16.8 Å². The van der Waals surface area contributed by atoms with Crippen LogP contribution in [0.2, 0.25) is 0 Å². The average molecular weight is 686 g/mol. The molecule has 5 rings (SSSR count). The molecule has 0 aliphatic carbocycles. The van der Waals surface area contributed by atoms with Gasteiger partial charge in [0.05, 0.1) is 10.8 Å². The first kappa shape index (κ1) is 34.7. The lowest BCUT2D eigenvalue weighted by atomic mass is 10.1. The van der Waals surface area contributed by atoms with Gasteiger partial charge in [-0.25, -0.2) is 0 Å². The normalized spacial score (nSPS) is 11.6. The highest BCUT2D eigenvalue weighted by molar-refractivity contribution is 8.00. The van der Waals surface area contributed by atoms with E-state index < -0.39 is 17.1 Å². The number of nitrogens with one attached hydrogen (secondary N) is 3. The number of thioether (sulfide) groups is 1. The maximum absolute atomic E-state index is 13.6. The van der Waals surface area contributed by atoms with Crippen LogP contribution < -0.4 is 20.9 Å². The van der Waals surface area contributed by atoms with E-state index in [1.165, 1.54) is 23.1 Å². The Morgan fingerprint density at radius 1 is 0.898 bits per heavy atom. The lowest BCUT2D eigenvalue weighted by Crippen LogP contribution is -2.30. The second-order valence-electron chi connectivity index (χ2n) is 11.2. The van der Waals surface area contributed by atoms with Crippen molar-refractivity contribution in [1.82, 2.24) is 5.32 Å². The van der Waals surface area contributed by atoms with E-state index in [1.54, 1.807) is 48.5 Å². The van der Waals surface area contributed by atoms with Gasteiger partial charge in [-0.2, -0.15) is 5.26 Å². The van der Waals surface area contributed by atoms with Gasteiger partial charge >= 0.3 is 0 Å². The van der Waals surface area contributed by atoms with E-state index in [4.69, 9.17) is 0 Å². The van der Waals surface area contributed by atoms with Crippen LogP contribution in [0.5, 0.6) is 0 Å². The minimum Gasteiger partial charge on any atom is -0.378 e. The molecule has 1 atom stereocenters. The molecule has 0 fully saturated rings. The third-order valence-electron chi connectivity index (χ3n) is 7.51. The molecule has 0 bridgehead atoms. The van der Waals surface area contributed by atoms with E-state index in [2.05, 4.69) is 22.0 Å². The molecule has 10 heteroatoms. The predicted molar refractivity (Wildman–Crippen MR) is 201 cm³/mol. The van der Waals surface area contributed by atoms with Crippen LogP contribution in [0.3, 0.4) is 0 Å². The van der Waals surface area contributed by atoms with Crippen LogP contribution in [0.4, 0.5) is 16.4 Å². The summed E-state index contributed by atoms with van der Waals surface area (Å²) in [6.45, 7) is 1.93. The molecule has 1 heterocycles. The summed E-state index contributed by atoms with van der Waals surface area (Å²) in [6.07, 6.45) is 2.17. The fourth-order valence-corrected chi connectivity index (χ4v) is 6.83. The molecule has 49 heavy (non-hydrogen) atoms. The highest BCUT2D eigenvalue weighted by Gasteiger charge is 2.22. The van der Waals surface area contributed by atoms with Crippen molar-refractivity contribution in [3.63, 3.8) is 0 Å². The van der Waals surface area contributed by atoms with Crippen LogP contribution in [-0.4, -0.2) is 37.1 Å². The molecule has 0 aliphatic rings. The molecular weight excluding hydrogens is 651 g/mol. The summed E-state index contributed by atoms with van der Waals surface area (Å²) in [5, 5.41) is 20.5. The molecule has 246 valence electrons. The van der Waals surface area contributed by atoms with Gasteiger partial charge in [0.2, 0.25) is 5.91 Å². The third-order valence-corrected chi connectivity index (χ3v) is 9.76. The summed E-state index contributed by atoms with van der Waals surface area (Å²) in [5.41, 5.74) is 4.88. The molecule has 0 spiro atoms. The fraction of sp³-hybridized carbons (Fsp3) is 0.128. The first-order valence-electron chi connectivity index (χ1n) is 15.6. The van der Waals surface area contributed by atoms with Crippen LogP contribution in [0.25, 0.3) is 17.2 Å². The minimum absolute atomic E-state index is 0.0782. The quantitative estimate of drug-likeness (QED) is 0.0900. The minimum atomic E-state index is -0.496. The van der Waals surface area contributed by atoms with Gasteiger partial charge in [-0.1, -0.05) is 73.7 Å². The van der Waals surface area contributed by atoms with Gasteiger partial charge < -0.3 is 20.9 Å². The van der Waals surface area contributed by atoms with E-state index in [0.29, 0.717) is 28.2 Å². The van der Waals surface area contributed by atoms with Crippen LogP contribution in [0.1, 0.15) is 34.8 Å². The van der Waals surface area contributed by atoms with Crippen LogP contribution in [0, 0.1) is 11.3 Å². The van der Waals surface area contributed by atoms with Crippen molar-refractivity contribution in [1.29, 1.82) is 5.26 Å². The lowest BCUT2D eigenvalue weighted by molar-refractivity contribution is -0.116. The van der Waals surface area contributed by atoms with Crippen molar-refractivity contribution in [3.8, 4) is 17.2 Å². The first-order chi connectivity index (χ1) is 23.7. The van der Waals surface area contributed by atoms with Crippen molar-refractivity contribution in [3.05, 3.63) is 137 Å². The Morgan fingerprint density at radius 2 is 1.59 bits per heavy atom. The second-order valence-corrected chi connectivity index (χ2v) is 13.3. The molecular formula is C39H35N5O3S2. The van der Waals surface area contributed by atoms with Crippen LogP contribution in [-0.2, 0) is 9.59 Å². The largest absolute Gasteiger partial charge is 0.378 e. The molecule has 0 aliphatic heterocycles. The lowest BCUT2D eigenvalue weighted by Gasteiger charge is -2.16. The molecule has 3 N–H and O–H groups in total. The third kappa shape index (κ3) is 9.05. The Labute approximate surface area is 294 Å². The SMILES string of the molecule is CCC(Sc1cccc(NC(=O)/C(=C\c2ccc(N(C)C)cc2)NC(=O)c2ccccc2)c1)C(=O)Nc1scc(-c2ccccc2)c1C#N. The van der Waals surface area contributed by atoms with Gasteiger partial charge in [-0.3, -0.25) is 14.4 Å². The van der Waals surface area contributed by atoms with E-state index in [0.717, 1.165) is 27.3 Å². The van der Waals surface area contributed by atoms with Crippen LogP contribution in [0.15, 0.2) is 125 Å². The molecule has 0 radical (unpaired) electrons. The highest BCUT2D eigenvalue weighted by atomic mass is 32.2. The Bertz CT molecular complexity index is 2000. The number of hydrogen-bond donors (Lipinski definition) is 3. The van der Waals surface area contributed by atoms with E-state index in [1.807, 2.05) is 98.0 Å². The maximum atomic E-state index is 13.6. The maximum Gasteiger partial charge on any atom is 0.272 e. The first-order valence-corrected chi connectivity index (χ1v) is 17.3. The number of anilines is 3. The highest BCUT2D eigenvalue weighted by Crippen LogP contribution is 2.36. The number of carbonyl (C=O) groups is 3.